The molecular formula is C25H19ClFN3O3. The maximum atomic E-state index is 13.2. The van der Waals surface area contributed by atoms with Gasteiger partial charge >= 0.3 is 0 Å². The molecule has 0 aliphatic carbocycles. The molecule has 0 bridgehead atoms. The Bertz CT molecular complexity index is 1300. The molecular weight excluding hydrogens is 445 g/mol. The van der Waals surface area contributed by atoms with Crippen LogP contribution in [-0.4, -0.2) is 17.7 Å². The van der Waals surface area contributed by atoms with Crippen molar-refractivity contribution in [1.82, 2.24) is 0 Å². The van der Waals surface area contributed by atoms with Crippen LogP contribution in [0.5, 0.6) is 0 Å². The van der Waals surface area contributed by atoms with E-state index in [-0.39, 0.29) is 22.3 Å². The van der Waals surface area contributed by atoms with Gasteiger partial charge in [-0.25, -0.2) is 9.29 Å². The molecule has 3 aromatic carbocycles. The van der Waals surface area contributed by atoms with Gasteiger partial charge in [0.15, 0.2) is 0 Å². The summed E-state index contributed by atoms with van der Waals surface area (Å²) in [5.41, 5.74) is 3.79. The Kier molecular flexibility index (Phi) is 5.98. The van der Waals surface area contributed by atoms with Gasteiger partial charge in [0.05, 0.1) is 5.69 Å². The summed E-state index contributed by atoms with van der Waals surface area (Å²) in [6, 6.07) is 17.0. The van der Waals surface area contributed by atoms with Crippen LogP contribution in [0.15, 0.2) is 77.5 Å². The molecule has 166 valence electrons. The van der Waals surface area contributed by atoms with Crippen molar-refractivity contribution >= 4 is 46.4 Å². The zero-order chi connectivity index (χ0) is 23.7. The number of nitrogens with zero attached hydrogens (tertiary/aromatic N) is 1. The summed E-state index contributed by atoms with van der Waals surface area (Å²) < 4.78 is 13.2. The molecule has 0 unspecified atom stereocenters. The normalized spacial score (nSPS) is 13.5. The number of benzene rings is 3. The van der Waals surface area contributed by atoms with E-state index in [2.05, 4.69) is 10.6 Å². The van der Waals surface area contributed by atoms with Gasteiger partial charge < -0.3 is 10.6 Å². The average Bonchev–Trinajstić information content (AvgIpc) is 3.01. The van der Waals surface area contributed by atoms with Gasteiger partial charge in [0.2, 0.25) is 0 Å². The van der Waals surface area contributed by atoms with Gasteiger partial charge in [0.1, 0.15) is 16.5 Å². The first-order valence-corrected chi connectivity index (χ1v) is 10.4. The standard InChI is InChI=1S/C25H19ClFN3O3/c1-14-4-3-5-20(15(14)2)29-23(31)16-6-10-18(11-7-16)28-22-21(26)24(32)30(25(22)33)19-12-8-17(27)9-13-19/h3-13,28H,1-2H3,(H,29,31). The second-order valence-corrected chi connectivity index (χ2v) is 7.89. The predicted molar refractivity (Wildman–Crippen MR) is 126 cm³/mol. The monoisotopic (exact) mass is 463 g/mol. The van der Waals surface area contributed by atoms with Gasteiger partial charge in [0.25, 0.3) is 17.7 Å². The van der Waals surface area contributed by atoms with Gasteiger partial charge in [-0.15, -0.1) is 0 Å². The zero-order valence-corrected chi connectivity index (χ0v) is 18.5. The molecule has 1 heterocycles. The lowest BCUT2D eigenvalue weighted by Gasteiger charge is -2.15. The third-order valence-corrected chi connectivity index (χ3v) is 5.73. The fourth-order valence-corrected chi connectivity index (χ4v) is 3.58. The van der Waals surface area contributed by atoms with Gasteiger partial charge in [0, 0.05) is 16.9 Å². The van der Waals surface area contributed by atoms with E-state index < -0.39 is 17.6 Å². The van der Waals surface area contributed by atoms with Gasteiger partial charge in [-0.2, -0.15) is 0 Å². The summed E-state index contributed by atoms with van der Waals surface area (Å²) in [5, 5.41) is 5.45. The van der Waals surface area contributed by atoms with E-state index in [0.717, 1.165) is 33.8 Å². The van der Waals surface area contributed by atoms with Gasteiger partial charge in [-0.3, -0.25) is 14.4 Å². The molecule has 0 spiro atoms. The number of anilines is 3. The summed E-state index contributed by atoms with van der Waals surface area (Å²) in [7, 11) is 0. The second-order valence-electron chi connectivity index (χ2n) is 7.52. The lowest BCUT2D eigenvalue weighted by molar-refractivity contribution is -0.120. The summed E-state index contributed by atoms with van der Waals surface area (Å²) in [6.45, 7) is 3.90. The third kappa shape index (κ3) is 4.36. The Morgan fingerprint density at radius 2 is 1.58 bits per heavy atom. The van der Waals surface area contributed by atoms with Crippen molar-refractivity contribution < 1.29 is 18.8 Å². The number of hydrogen-bond donors (Lipinski definition) is 2. The SMILES string of the molecule is Cc1cccc(NC(=O)c2ccc(NC3=C(Cl)C(=O)N(c4ccc(F)cc4)C3=O)cc2)c1C. The van der Waals surface area contributed by atoms with Crippen LogP contribution in [0, 0.1) is 19.7 Å². The van der Waals surface area contributed by atoms with Crippen molar-refractivity contribution in [2.75, 3.05) is 15.5 Å². The van der Waals surface area contributed by atoms with Crippen LogP contribution < -0.4 is 15.5 Å². The van der Waals surface area contributed by atoms with E-state index in [0.29, 0.717) is 11.3 Å². The zero-order valence-electron chi connectivity index (χ0n) is 17.8. The van der Waals surface area contributed by atoms with Gasteiger partial charge in [-0.1, -0.05) is 23.7 Å². The number of carbonyl (C=O) groups is 3. The van der Waals surface area contributed by atoms with Crippen LogP contribution in [-0.2, 0) is 9.59 Å². The molecule has 0 fully saturated rings. The van der Waals surface area contributed by atoms with Crippen LogP contribution in [0.3, 0.4) is 0 Å². The molecule has 0 saturated carbocycles. The van der Waals surface area contributed by atoms with Crippen molar-refractivity contribution in [3.8, 4) is 0 Å². The summed E-state index contributed by atoms with van der Waals surface area (Å²) in [6.07, 6.45) is 0. The fraction of sp³-hybridized carbons (Fsp3) is 0.0800. The summed E-state index contributed by atoms with van der Waals surface area (Å²) in [4.78, 5) is 38.8. The summed E-state index contributed by atoms with van der Waals surface area (Å²) >= 11 is 6.12. The van der Waals surface area contributed by atoms with E-state index in [1.165, 1.54) is 12.1 Å². The number of amides is 3. The number of rotatable bonds is 5. The molecule has 2 N–H and O–H groups in total. The molecule has 0 aromatic heterocycles. The lowest BCUT2D eigenvalue weighted by Crippen LogP contribution is -2.32. The van der Waals surface area contributed by atoms with Crippen LogP contribution in [0.25, 0.3) is 0 Å². The van der Waals surface area contributed by atoms with Crippen LogP contribution >= 0.6 is 11.6 Å². The van der Waals surface area contributed by atoms with Crippen molar-refractivity contribution in [3.63, 3.8) is 0 Å². The highest BCUT2D eigenvalue weighted by Gasteiger charge is 2.38. The Labute approximate surface area is 194 Å². The Morgan fingerprint density at radius 1 is 0.909 bits per heavy atom. The number of imide groups is 1. The molecule has 0 saturated heterocycles. The molecule has 0 atom stereocenters. The Morgan fingerprint density at radius 3 is 2.24 bits per heavy atom. The highest BCUT2D eigenvalue weighted by atomic mass is 35.5. The van der Waals surface area contributed by atoms with Crippen molar-refractivity contribution in [2.45, 2.75) is 13.8 Å². The van der Waals surface area contributed by atoms with E-state index in [9.17, 15) is 18.8 Å². The fourth-order valence-electron chi connectivity index (χ4n) is 3.37. The first kappa shape index (κ1) is 22.2. The minimum atomic E-state index is -0.708. The average molecular weight is 464 g/mol. The van der Waals surface area contributed by atoms with Crippen molar-refractivity contribution in [3.05, 3.63) is 100.0 Å². The second kappa shape index (κ2) is 8.88. The number of halogens is 2. The molecule has 4 rings (SSSR count). The maximum Gasteiger partial charge on any atom is 0.283 e. The highest BCUT2D eigenvalue weighted by Crippen LogP contribution is 2.30. The largest absolute Gasteiger partial charge is 0.350 e. The molecule has 0 radical (unpaired) electrons. The van der Waals surface area contributed by atoms with Crippen LogP contribution in [0.4, 0.5) is 21.5 Å². The smallest absolute Gasteiger partial charge is 0.283 e. The maximum absolute atomic E-state index is 13.2. The lowest BCUT2D eigenvalue weighted by atomic mass is 10.1. The number of aryl methyl sites for hydroxylation is 1. The van der Waals surface area contributed by atoms with Gasteiger partial charge in [-0.05, 0) is 79.6 Å². The van der Waals surface area contributed by atoms with Crippen LogP contribution in [0.1, 0.15) is 21.5 Å². The van der Waals surface area contributed by atoms with Crippen molar-refractivity contribution in [1.29, 1.82) is 0 Å². The van der Waals surface area contributed by atoms with Crippen molar-refractivity contribution in [2.24, 2.45) is 0 Å². The predicted octanol–water partition coefficient (Wildman–Crippen LogP) is 5.13. The minimum absolute atomic E-state index is 0.0985. The van der Waals surface area contributed by atoms with E-state index >= 15 is 0 Å². The Balaban J connectivity index is 1.49. The molecule has 1 aliphatic rings. The number of nitrogens with one attached hydrogen (secondary N) is 2. The quantitative estimate of drug-likeness (QED) is 0.514. The number of hydrogen-bond acceptors (Lipinski definition) is 4. The molecule has 33 heavy (non-hydrogen) atoms. The van der Waals surface area contributed by atoms with E-state index in [1.807, 2.05) is 32.0 Å². The first-order valence-electron chi connectivity index (χ1n) is 10.0. The Hall–Kier alpha value is -3.97. The summed E-state index contributed by atoms with van der Waals surface area (Å²) in [5.74, 6) is -2.13. The minimum Gasteiger partial charge on any atom is -0.350 e. The highest BCUT2D eigenvalue weighted by molar-refractivity contribution is 6.53. The molecule has 3 aromatic rings. The van der Waals surface area contributed by atoms with E-state index in [1.54, 1.807) is 24.3 Å². The van der Waals surface area contributed by atoms with E-state index in [4.69, 9.17) is 11.6 Å². The molecule has 8 heteroatoms. The topological polar surface area (TPSA) is 78.5 Å². The molecule has 3 amide bonds. The first-order chi connectivity index (χ1) is 15.8. The number of carbonyl (C=O) groups excluding carboxylic acids is 3. The van der Waals surface area contributed by atoms with Crippen LogP contribution in [0.2, 0.25) is 0 Å². The molecule has 6 nitrogen and oxygen atoms in total. The molecule has 1 aliphatic heterocycles. The third-order valence-electron chi connectivity index (χ3n) is 5.38.